The highest BCUT2D eigenvalue weighted by Crippen LogP contribution is 2.24. The summed E-state index contributed by atoms with van der Waals surface area (Å²) in [7, 11) is 1.27. The Labute approximate surface area is 106 Å². The number of rotatable bonds is 5. The van der Waals surface area contributed by atoms with Gasteiger partial charge in [0.25, 0.3) is 0 Å². The average molecular weight is 253 g/mol. The minimum atomic E-state index is -1.15. The molecule has 0 aliphatic heterocycles. The van der Waals surface area contributed by atoms with Crippen LogP contribution < -0.4 is 5.73 Å². The molecular formula is C13H19NO4. The number of aliphatic hydroxyl groups excluding tert-OH is 2. The van der Waals surface area contributed by atoms with E-state index in [9.17, 15) is 15.0 Å². The van der Waals surface area contributed by atoms with Gasteiger partial charge in [-0.2, -0.15) is 0 Å². The third-order valence-corrected chi connectivity index (χ3v) is 2.76. The van der Waals surface area contributed by atoms with Gasteiger partial charge in [0.1, 0.15) is 6.10 Å². The van der Waals surface area contributed by atoms with E-state index in [1.165, 1.54) is 7.11 Å². The summed E-state index contributed by atoms with van der Waals surface area (Å²) in [6.45, 7) is 2.10. The largest absolute Gasteiger partial charge is 0.465 e. The summed E-state index contributed by atoms with van der Waals surface area (Å²) >= 11 is 0. The summed E-state index contributed by atoms with van der Waals surface area (Å²) in [6, 6.07) is 4.99. The van der Waals surface area contributed by atoms with Crippen molar-refractivity contribution in [3.05, 3.63) is 34.9 Å². The molecule has 1 aromatic carbocycles. The van der Waals surface area contributed by atoms with E-state index in [0.717, 1.165) is 5.56 Å². The first-order valence-electron chi connectivity index (χ1n) is 5.76. The third kappa shape index (κ3) is 3.29. The van der Waals surface area contributed by atoms with Gasteiger partial charge in [-0.25, -0.2) is 4.79 Å². The second-order valence-electron chi connectivity index (χ2n) is 4.17. The summed E-state index contributed by atoms with van der Waals surface area (Å²) in [5.74, 6) is -0.538. The molecular weight excluding hydrogens is 234 g/mol. The molecule has 0 radical (unpaired) electrons. The second-order valence-corrected chi connectivity index (χ2v) is 4.17. The van der Waals surface area contributed by atoms with Crippen molar-refractivity contribution in [1.82, 2.24) is 0 Å². The van der Waals surface area contributed by atoms with Crippen LogP contribution in [0.2, 0.25) is 0 Å². The van der Waals surface area contributed by atoms with E-state index in [1.807, 2.05) is 6.92 Å². The van der Waals surface area contributed by atoms with E-state index in [4.69, 9.17) is 5.73 Å². The molecule has 0 heterocycles. The van der Waals surface area contributed by atoms with Crippen LogP contribution in [0.1, 0.15) is 34.0 Å². The molecule has 0 spiro atoms. The third-order valence-electron chi connectivity index (χ3n) is 2.76. The van der Waals surface area contributed by atoms with Gasteiger partial charge in [-0.3, -0.25) is 0 Å². The fourth-order valence-electron chi connectivity index (χ4n) is 1.76. The summed E-state index contributed by atoms with van der Waals surface area (Å²) in [4.78, 5) is 11.6. The molecule has 0 saturated heterocycles. The Balaban J connectivity index is 3.12. The van der Waals surface area contributed by atoms with Gasteiger partial charge in [-0.15, -0.1) is 0 Å². The number of nitrogens with two attached hydrogens (primary N) is 1. The molecule has 18 heavy (non-hydrogen) atoms. The van der Waals surface area contributed by atoms with E-state index in [2.05, 4.69) is 4.74 Å². The average Bonchev–Trinajstić information content (AvgIpc) is 2.37. The van der Waals surface area contributed by atoms with Crippen LogP contribution in [0.5, 0.6) is 0 Å². The van der Waals surface area contributed by atoms with Crippen LogP contribution in [0.25, 0.3) is 0 Å². The van der Waals surface area contributed by atoms with Gasteiger partial charge < -0.3 is 20.7 Å². The predicted octanol–water partition coefficient (Wildman–Crippen LogP) is 0.525. The van der Waals surface area contributed by atoms with Gasteiger partial charge in [-0.05, 0) is 31.5 Å². The molecule has 0 bridgehead atoms. The minimum absolute atomic E-state index is 0.256. The Hall–Kier alpha value is -1.43. The lowest BCUT2D eigenvalue weighted by Gasteiger charge is -2.20. The fourth-order valence-corrected chi connectivity index (χ4v) is 1.76. The monoisotopic (exact) mass is 253 g/mol. The van der Waals surface area contributed by atoms with Crippen molar-refractivity contribution in [3.8, 4) is 0 Å². The van der Waals surface area contributed by atoms with Gasteiger partial charge in [0, 0.05) is 0 Å². The van der Waals surface area contributed by atoms with Crippen LogP contribution in [-0.2, 0) is 4.74 Å². The maximum absolute atomic E-state index is 11.6. The van der Waals surface area contributed by atoms with Crippen LogP contribution in [0.3, 0.4) is 0 Å². The van der Waals surface area contributed by atoms with Crippen molar-refractivity contribution in [1.29, 1.82) is 0 Å². The van der Waals surface area contributed by atoms with Crippen molar-refractivity contribution in [2.75, 3.05) is 13.7 Å². The smallest absolute Gasteiger partial charge is 0.338 e. The molecule has 0 saturated carbocycles. The number of methoxy groups -OCH3 is 1. The first kappa shape index (κ1) is 14.6. The van der Waals surface area contributed by atoms with Crippen molar-refractivity contribution < 1.29 is 19.7 Å². The lowest BCUT2D eigenvalue weighted by Crippen LogP contribution is -2.23. The molecule has 0 fully saturated rings. The van der Waals surface area contributed by atoms with Crippen LogP contribution >= 0.6 is 0 Å². The predicted molar refractivity (Wildman–Crippen MR) is 67.2 cm³/mol. The number of hydrogen-bond acceptors (Lipinski definition) is 5. The van der Waals surface area contributed by atoms with Gasteiger partial charge in [0.2, 0.25) is 0 Å². The number of carbonyl (C=O) groups is 1. The molecule has 4 N–H and O–H groups in total. The van der Waals surface area contributed by atoms with E-state index >= 15 is 0 Å². The zero-order valence-electron chi connectivity index (χ0n) is 10.6. The first-order valence-corrected chi connectivity index (χ1v) is 5.76. The molecule has 1 rings (SSSR count). The zero-order chi connectivity index (χ0) is 13.7. The van der Waals surface area contributed by atoms with Crippen molar-refractivity contribution in [3.63, 3.8) is 0 Å². The number of hydrogen-bond donors (Lipinski definition) is 3. The summed E-state index contributed by atoms with van der Waals surface area (Å²) in [5, 5.41) is 19.8. The topological polar surface area (TPSA) is 92.8 Å². The van der Waals surface area contributed by atoms with E-state index in [1.54, 1.807) is 18.2 Å². The molecule has 100 valence electrons. The Morgan fingerprint density at radius 3 is 2.67 bits per heavy atom. The van der Waals surface area contributed by atoms with Gasteiger partial charge in [0.05, 0.1) is 18.8 Å². The summed E-state index contributed by atoms with van der Waals surface area (Å²) in [6.07, 6.45) is -1.89. The zero-order valence-corrected chi connectivity index (χ0v) is 10.6. The lowest BCUT2D eigenvalue weighted by atomic mass is 9.95. The summed E-state index contributed by atoms with van der Waals surface area (Å²) < 4.78 is 4.65. The number of esters is 1. The minimum Gasteiger partial charge on any atom is -0.465 e. The van der Waals surface area contributed by atoms with Crippen molar-refractivity contribution >= 4 is 5.97 Å². The number of carbonyl (C=O) groups excluding carboxylic acids is 1. The van der Waals surface area contributed by atoms with E-state index in [-0.39, 0.29) is 18.5 Å². The summed E-state index contributed by atoms with van der Waals surface area (Å²) in [5.41, 5.74) is 6.84. The number of aryl methyl sites for hydroxylation is 1. The molecule has 2 atom stereocenters. The standard InChI is InChI=1S/C13H19NO4/c1-8-3-4-9(13(17)18-2)10(7-8)12(16)11(15)5-6-14/h3-4,7,11-12,15-16H,5-6,14H2,1-2H3. The van der Waals surface area contributed by atoms with Gasteiger partial charge in [0.15, 0.2) is 0 Å². The highest BCUT2D eigenvalue weighted by Gasteiger charge is 2.23. The highest BCUT2D eigenvalue weighted by atomic mass is 16.5. The molecule has 0 aromatic heterocycles. The van der Waals surface area contributed by atoms with Crippen LogP contribution in [0.15, 0.2) is 18.2 Å². The lowest BCUT2D eigenvalue weighted by molar-refractivity contribution is 0.0138. The van der Waals surface area contributed by atoms with Crippen LogP contribution in [-0.4, -0.2) is 35.9 Å². The second kappa shape index (κ2) is 6.49. The Morgan fingerprint density at radius 1 is 1.44 bits per heavy atom. The van der Waals surface area contributed by atoms with E-state index in [0.29, 0.717) is 5.56 Å². The van der Waals surface area contributed by atoms with E-state index < -0.39 is 18.2 Å². The Bertz CT molecular complexity index is 419. The van der Waals surface area contributed by atoms with Crippen LogP contribution in [0, 0.1) is 6.92 Å². The number of benzene rings is 1. The molecule has 1 aromatic rings. The number of ether oxygens (including phenoxy) is 1. The molecule has 5 nitrogen and oxygen atoms in total. The maximum Gasteiger partial charge on any atom is 0.338 e. The van der Waals surface area contributed by atoms with Crippen LogP contribution in [0.4, 0.5) is 0 Å². The molecule has 5 heteroatoms. The van der Waals surface area contributed by atoms with Gasteiger partial charge >= 0.3 is 5.97 Å². The first-order chi connectivity index (χ1) is 8.51. The molecule has 0 aliphatic rings. The quantitative estimate of drug-likeness (QED) is 0.665. The maximum atomic E-state index is 11.6. The Kier molecular flexibility index (Phi) is 5.27. The highest BCUT2D eigenvalue weighted by molar-refractivity contribution is 5.91. The SMILES string of the molecule is COC(=O)c1ccc(C)cc1C(O)C(O)CCN. The van der Waals surface area contributed by atoms with Crippen molar-refractivity contribution in [2.24, 2.45) is 5.73 Å². The van der Waals surface area contributed by atoms with Gasteiger partial charge in [-0.1, -0.05) is 17.7 Å². The van der Waals surface area contributed by atoms with Crippen molar-refractivity contribution in [2.45, 2.75) is 25.6 Å². The number of aliphatic hydroxyl groups is 2. The molecule has 2 unspecified atom stereocenters. The normalized spacial score (nSPS) is 14.1. The molecule has 0 aliphatic carbocycles. The molecule has 0 amide bonds. The fraction of sp³-hybridized carbons (Fsp3) is 0.462. The Morgan fingerprint density at radius 2 is 2.11 bits per heavy atom.